The van der Waals surface area contributed by atoms with Crippen LogP contribution in [0.15, 0.2) is 59.3 Å². The quantitative estimate of drug-likeness (QED) is 0.698. The largest absolute Gasteiger partial charge is 0.475 e. The van der Waals surface area contributed by atoms with Crippen molar-refractivity contribution in [2.24, 2.45) is 0 Å². The van der Waals surface area contributed by atoms with E-state index in [9.17, 15) is 0 Å². The van der Waals surface area contributed by atoms with Crippen molar-refractivity contribution in [3.63, 3.8) is 0 Å². The summed E-state index contributed by atoms with van der Waals surface area (Å²) in [4.78, 5) is 8.59. The van der Waals surface area contributed by atoms with Gasteiger partial charge in [0.2, 0.25) is 11.8 Å². The third-order valence-corrected chi connectivity index (χ3v) is 3.12. The van der Waals surface area contributed by atoms with Gasteiger partial charge in [-0.05, 0) is 18.2 Å². The second kappa shape index (κ2) is 7.42. The van der Waals surface area contributed by atoms with Crippen molar-refractivity contribution in [1.82, 2.24) is 9.97 Å². The van der Waals surface area contributed by atoms with Gasteiger partial charge in [0.25, 0.3) is 0 Å². The van der Waals surface area contributed by atoms with Gasteiger partial charge in [0.15, 0.2) is 0 Å². The van der Waals surface area contributed by atoms with E-state index in [0.717, 1.165) is 16.9 Å². The van der Waals surface area contributed by atoms with Gasteiger partial charge < -0.3 is 19.6 Å². The van der Waals surface area contributed by atoms with Gasteiger partial charge in [-0.3, -0.25) is 0 Å². The number of hydrogen-bond donors (Lipinski definition) is 2. The first-order valence-corrected chi connectivity index (χ1v) is 7.28. The first-order chi connectivity index (χ1) is 11.3. The summed E-state index contributed by atoms with van der Waals surface area (Å²) < 4.78 is 10.7. The van der Waals surface area contributed by atoms with Crippen molar-refractivity contribution >= 4 is 5.69 Å². The van der Waals surface area contributed by atoms with Crippen LogP contribution in [-0.4, -0.2) is 28.3 Å². The van der Waals surface area contributed by atoms with Gasteiger partial charge in [0, 0.05) is 11.6 Å². The zero-order valence-corrected chi connectivity index (χ0v) is 12.5. The summed E-state index contributed by atoms with van der Waals surface area (Å²) in [7, 11) is 0. The average Bonchev–Trinajstić information content (AvgIpc) is 3.09. The lowest BCUT2D eigenvalue weighted by molar-refractivity contribution is 0.196. The molecular weight excluding hydrogens is 294 g/mol. The van der Waals surface area contributed by atoms with E-state index in [4.69, 9.17) is 14.3 Å². The summed E-state index contributed by atoms with van der Waals surface area (Å²) in [6.07, 6.45) is 3.31. The van der Waals surface area contributed by atoms with Crippen LogP contribution >= 0.6 is 0 Å². The van der Waals surface area contributed by atoms with Crippen LogP contribution in [0.3, 0.4) is 0 Å². The monoisotopic (exact) mass is 311 g/mol. The zero-order chi connectivity index (χ0) is 15.9. The minimum Gasteiger partial charge on any atom is -0.475 e. The van der Waals surface area contributed by atoms with E-state index < -0.39 is 0 Å². The Hall–Kier alpha value is -2.86. The van der Waals surface area contributed by atoms with E-state index in [1.807, 2.05) is 36.4 Å². The fourth-order valence-electron chi connectivity index (χ4n) is 2.01. The molecule has 0 amide bonds. The highest BCUT2D eigenvalue weighted by Crippen LogP contribution is 2.19. The van der Waals surface area contributed by atoms with Crippen molar-refractivity contribution in [3.05, 3.63) is 60.6 Å². The Morgan fingerprint density at radius 1 is 1.13 bits per heavy atom. The Morgan fingerprint density at radius 3 is 2.74 bits per heavy atom. The van der Waals surface area contributed by atoms with Crippen molar-refractivity contribution in [1.29, 1.82) is 0 Å². The molecule has 6 nitrogen and oxygen atoms in total. The molecule has 23 heavy (non-hydrogen) atoms. The topological polar surface area (TPSA) is 80.4 Å². The molecule has 0 aliphatic heterocycles. The van der Waals surface area contributed by atoms with Gasteiger partial charge in [0.05, 0.1) is 30.7 Å². The maximum absolute atomic E-state index is 8.70. The summed E-state index contributed by atoms with van der Waals surface area (Å²) in [6.45, 7) is 0.743. The van der Waals surface area contributed by atoms with Crippen LogP contribution in [0.4, 0.5) is 5.69 Å². The molecule has 0 radical (unpaired) electrons. The molecule has 2 aromatic heterocycles. The van der Waals surface area contributed by atoms with Crippen molar-refractivity contribution < 1.29 is 14.3 Å². The van der Waals surface area contributed by atoms with Gasteiger partial charge in [-0.2, -0.15) is 0 Å². The number of aliphatic hydroxyl groups excluding tert-OH is 1. The number of benzene rings is 1. The van der Waals surface area contributed by atoms with Crippen LogP contribution in [0.5, 0.6) is 5.88 Å². The predicted molar refractivity (Wildman–Crippen MR) is 86.1 cm³/mol. The third kappa shape index (κ3) is 4.08. The molecule has 3 rings (SSSR count). The van der Waals surface area contributed by atoms with Gasteiger partial charge in [-0.1, -0.05) is 18.2 Å². The highest BCUT2D eigenvalue weighted by Gasteiger charge is 2.06. The maximum Gasteiger partial charge on any atom is 0.226 e. The number of hydrogen-bond acceptors (Lipinski definition) is 6. The Morgan fingerprint density at radius 2 is 2.00 bits per heavy atom. The molecule has 0 spiro atoms. The number of nitrogens with one attached hydrogen (secondary N) is 1. The number of anilines is 1. The number of aromatic nitrogens is 2. The van der Waals surface area contributed by atoms with Crippen molar-refractivity contribution in [2.75, 3.05) is 18.5 Å². The van der Waals surface area contributed by atoms with E-state index in [2.05, 4.69) is 15.3 Å². The van der Waals surface area contributed by atoms with E-state index in [0.29, 0.717) is 18.3 Å². The molecule has 0 aliphatic rings. The standard InChI is InChI=1S/C17H17N3O3/c21-8-9-22-16-7-6-14(10-19-16)18-11-15-12-23-17(20-15)13-4-2-1-3-5-13/h1-7,10,12,18,21H,8-9,11H2. The van der Waals surface area contributed by atoms with E-state index in [1.54, 1.807) is 18.5 Å². The molecule has 0 fully saturated rings. The summed E-state index contributed by atoms with van der Waals surface area (Å²) in [5.74, 6) is 1.09. The molecule has 0 saturated heterocycles. The summed E-state index contributed by atoms with van der Waals surface area (Å²) in [5.41, 5.74) is 2.61. The molecule has 1 aromatic carbocycles. The zero-order valence-electron chi connectivity index (χ0n) is 12.5. The van der Waals surface area contributed by atoms with Crippen molar-refractivity contribution in [2.45, 2.75) is 6.54 Å². The molecule has 0 aliphatic carbocycles. The van der Waals surface area contributed by atoms with Crippen LogP contribution in [0, 0.1) is 0 Å². The molecule has 2 heterocycles. The number of ether oxygens (including phenoxy) is 1. The first kappa shape index (κ1) is 15.1. The second-order valence-corrected chi connectivity index (χ2v) is 4.82. The first-order valence-electron chi connectivity index (χ1n) is 7.28. The fraction of sp³-hybridized carbons (Fsp3) is 0.176. The minimum absolute atomic E-state index is 0.0302. The molecule has 118 valence electrons. The Labute approximate surface area is 133 Å². The molecule has 0 saturated carbocycles. The van der Waals surface area contributed by atoms with Crippen LogP contribution in [0.25, 0.3) is 11.5 Å². The lowest BCUT2D eigenvalue weighted by atomic mass is 10.2. The molecular formula is C17H17N3O3. The van der Waals surface area contributed by atoms with Gasteiger partial charge in [-0.15, -0.1) is 0 Å². The predicted octanol–water partition coefficient (Wildman–Crippen LogP) is 2.72. The Bertz CT molecular complexity index is 726. The number of oxazole rings is 1. The Balaban J connectivity index is 1.57. The minimum atomic E-state index is -0.0302. The molecule has 0 bridgehead atoms. The summed E-state index contributed by atoms with van der Waals surface area (Å²) in [5, 5.41) is 11.9. The normalized spacial score (nSPS) is 10.5. The van der Waals surface area contributed by atoms with E-state index >= 15 is 0 Å². The molecule has 3 aromatic rings. The lowest BCUT2D eigenvalue weighted by Gasteiger charge is -2.06. The van der Waals surface area contributed by atoms with E-state index in [-0.39, 0.29) is 13.2 Å². The number of pyridine rings is 1. The van der Waals surface area contributed by atoms with Crippen LogP contribution in [0.2, 0.25) is 0 Å². The molecule has 6 heteroatoms. The van der Waals surface area contributed by atoms with Gasteiger partial charge in [0.1, 0.15) is 12.9 Å². The smallest absolute Gasteiger partial charge is 0.226 e. The fourth-order valence-corrected chi connectivity index (χ4v) is 2.01. The molecule has 2 N–H and O–H groups in total. The van der Waals surface area contributed by atoms with Gasteiger partial charge >= 0.3 is 0 Å². The number of aliphatic hydroxyl groups is 1. The third-order valence-electron chi connectivity index (χ3n) is 3.12. The number of rotatable bonds is 7. The average molecular weight is 311 g/mol. The van der Waals surface area contributed by atoms with Crippen LogP contribution in [-0.2, 0) is 6.54 Å². The lowest BCUT2D eigenvalue weighted by Crippen LogP contribution is -2.04. The molecule has 0 unspecified atom stereocenters. The maximum atomic E-state index is 8.70. The highest BCUT2D eigenvalue weighted by atomic mass is 16.5. The van der Waals surface area contributed by atoms with E-state index in [1.165, 1.54) is 0 Å². The summed E-state index contributed by atoms with van der Waals surface area (Å²) in [6, 6.07) is 13.4. The molecule has 0 atom stereocenters. The second-order valence-electron chi connectivity index (χ2n) is 4.82. The van der Waals surface area contributed by atoms with Crippen LogP contribution in [0.1, 0.15) is 5.69 Å². The highest BCUT2D eigenvalue weighted by molar-refractivity contribution is 5.52. The SMILES string of the molecule is OCCOc1ccc(NCc2coc(-c3ccccc3)n2)cn1. The van der Waals surface area contributed by atoms with Crippen LogP contribution < -0.4 is 10.1 Å². The summed E-state index contributed by atoms with van der Waals surface area (Å²) >= 11 is 0. The Kier molecular flexibility index (Phi) is 4.85. The van der Waals surface area contributed by atoms with Crippen molar-refractivity contribution in [3.8, 4) is 17.3 Å². The van der Waals surface area contributed by atoms with Gasteiger partial charge in [-0.25, -0.2) is 9.97 Å². The number of nitrogens with zero attached hydrogens (tertiary/aromatic N) is 2.